The van der Waals surface area contributed by atoms with Crippen LogP contribution in [0.3, 0.4) is 0 Å². The number of nitrogen functional groups attached to an aromatic ring is 1. The zero-order chi connectivity index (χ0) is 22.9. The van der Waals surface area contributed by atoms with Gasteiger partial charge in [0, 0.05) is 20.8 Å². The number of imidazole rings is 1. The van der Waals surface area contributed by atoms with E-state index >= 15 is 0 Å². The molecule has 3 N–H and O–H groups in total. The SMILES string of the molecule is COc1nc2c(=O)[nH]c(N)nc2n1[C@@H]1O[C@H](COC(C)=O)[C@@H](OC(C)=O)[C@H]1OC(C)=O. The maximum absolute atomic E-state index is 12.2. The minimum Gasteiger partial charge on any atom is -0.468 e. The van der Waals surface area contributed by atoms with Gasteiger partial charge in [-0.3, -0.25) is 24.2 Å². The second kappa shape index (κ2) is 8.59. The van der Waals surface area contributed by atoms with Crippen molar-refractivity contribution in [3.8, 4) is 6.01 Å². The lowest BCUT2D eigenvalue weighted by Gasteiger charge is -2.24. The molecule has 0 amide bonds. The second-order valence-electron chi connectivity index (χ2n) is 6.61. The molecule has 0 aliphatic carbocycles. The van der Waals surface area contributed by atoms with Gasteiger partial charge in [0.25, 0.3) is 5.56 Å². The molecule has 0 radical (unpaired) electrons. The fraction of sp³-hybridized carbons (Fsp3) is 0.529. The van der Waals surface area contributed by atoms with Crippen molar-refractivity contribution in [1.29, 1.82) is 0 Å². The summed E-state index contributed by atoms with van der Waals surface area (Å²) in [6.45, 7) is 3.22. The van der Waals surface area contributed by atoms with Crippen LogP contribution in [0, 0.1) is 0 Å². The third kappa shape index (κ3) is 4.42. The number of carbonyl (C=O) groups excluding carboxylic acids is 3. The van der Waals surface area contributed by atoms with Gasteiger partial charge in [0.05, 0.1) is 7.11 Å². The zero-order valence-electron chi connectivity index (χ0n) is 17.1. The third-order valence-corrected chi connectivity index (χ3v) is 4.31. The Morgan fingerprint density at radius 2 is 1.74 bits per heavy atom. The second-order valence-corrected chi connectivity index (χ2v) is 6.61. The summed E-state index contributed by atoms with van der Waals surface area (Å²) in [5.41, 5.74) is 4.90. The Kier molecular flexibility index (Phi) is 6.10. The summed E-state index contributed by atoms with van der Waals surface area (Å²) in [6, 6.07) is -0.101. The lowest BCUT2D eigenvalue weighted by Crippen LogP contribution is -2.40. The molecule has 1 aliphatic rings. The molecule has 0 aromatic carbocycles. The first-order chi connectivity index (χ1) is 14.6. The highest BCUT2D eigenvalue weighted by Crippen LogP contribution is 2.38. The quantitative estimate of drug-likeness (QED) is 0.415. The first-order valence-corrected chi connectivity index (χ1v) is 9.07. The number of hydrogen-bond acceptors (Lipinski definition) is 12. The molecule has 14 nitrogen and oxygen atoms in total. The molecule has 1 aliphatic heterocycles. The number of rotatable bonds is 6. The van der Waals surface area contributed by atoms with Crippen molar-refractivity contribution in [2.45, 2.75) is 45.3 Å². The number of nitrogens with two attached hydrogens (primary N) is 1. The van der Waals surface area contributed by atoms with Crippen molar-refractivity contribution >= 4 is 35.0 Å². The van der Waals surface area contributed by atoms with Crippen LogP contribution in [0.2, 0.25) is 0 Å². The molecule has 3 heterocycles. The highest BCUT2D eigenvalue weighted by Gasteiger charge is 2.52. The standard InChI is InChI=1S/C17H21N5O9/c1-6(23)28-5-9-11(29-7(2)24)12(30-8(3)25)15(31-9)22-13-10(19-17(22)27-4)14(26)21-16(18)20-13/h9,11-12,15H,5H2,1-4H3,(H3,18,20,21,26)/t9-,11-,12-,15-/m1/s1. The molecule has 0 unspecified atom stereocenters. The van der Waals surface area contributed by atoms with Gasteiger partial charge in [-0.25, -0.2) is 4.57 Å². The van der Waals surface area contributed by atoms with E-state index in [9.17, 15) is 19.2 Å². The third-order valence-electron chi connectivity index (χ3n) is 4.31. The van der Waals surface area contributed by atoms with Gasteiger partial charge >= 0.3 is 23.9 Å². The number of aromatic nitrogens is 4. The highest BCUT2D eigenvalue weighted by atomic mass is 16.7. The minimum atomic E-state index is -1.21. The Balaban J connectivity index is 2.15. The Labute approximate surface area is 174 Å². The average Bonchev–Trinajstić information content (AvgIpc) is 3.17. The van der Waals surface area contributed by atoms with E-state index < -0.39 is 48.0 Å². The number of nitrogens with one attached hydrogen (secondary N) is 1. The Morgan fingerprint density at radius 3 is 2.32 bits per heavy atom. The van der Waals surface area contributed by atoms with Gasteiger partial charge < -0.3 is 29.4 Å². The Morgan fingerprint density at radius 1 is 1.10 bits per heavy atom. The maximum atomic E-state index is 12.2. The smallest absolute Gasteiger partial charge is 0.303 e. The van der Waals surface area contributed by atoms with Crippen LogP contribution in [-0.2, 0) is 33.3 Å². The molecule has 14 heteroatoms. The van der Waals surface area contributed by atoms with E-state index in [1.807, 2.05) is 0 Å². The number of hydrogen-bond donors (Lipinski definition) is 2. The first kappa shape index (κ1) is 22.0. The summed E-state index contributed by atoms with van der Waals surface area (Å²) < 4.78 is 28.1. The van der Waals surface area contributed by atoms with Gasteiger partial charge in [-0.2, -0.15) is 9.97 Å². The van der Waals surface area contributed by atoms with Crippen molar-refractivity contribution in [1.82, 2.24) is 19.5 Å². The van der Waals surface area contributed by atoms with E-state index in [0.29, 0.717) is 0 Å². The number of aromatic amines is 1. The van der Waals surface area contributed by atoms with Crippen LogP contribution >= 0.6 is 0 Å². The fourth-order valence-electron chi connectivity index (χ4n) is 3.25. The van der Waals surface area contributed by atoms with Crippen LogP contribution in [0.5, 0.6) is 6.01 Å². The summed E-state index contributed by atoms with van der Waals surface area (Å²) in [4.78, 5) is 57.5. The maximum Gasteiger partial charge on any atom is 0.303 e. The van der Waals surface area contributed by atoms with E-state index in [1.165, 1.54) is 18.6 Å². The molecule has 1 saturated heterocycles. The van der Waals surface area contributed by atoms with Gasteiger partial charge in [0.15, 0.2) is 29.6 Å². The first-order valence-electron chi connectivity index (χ1n) is 9.07. The van der Waals surface area contributed by atoms with Crippen LogP contribution in [-0.4, -0.2) is 69.5 Å². The van der Waals surface area contributed by atoms with Crippen LogP contribution in [0.15, 0.2) is 4.79 Å². The average molecular weight is 439 g/mol. The lowest BCUT2D eigenvalue weighted by atomic mass is 10.1. The van der Waals surface area contributed by atoms with E-state index in [1.54, 1.807) is 0 Å². The molecule has 1 fully saturated rings. The number of H-pyrrole nitrogens is 1. The molecule has 168 valence electrons. The van der Waals surface area contributed by atoms with E-state index in [2.05, 4.69) is 15.0 Å². The molecule has 0 spiro atoms. The predicted molar refractivity (Wildman–Crippen MR) is 101 cm³/mol. The number of fused-ring (bicyclic) bond motifs is 1. The van der Waals surface area contributed by atoms with Gasteiger partial charge in [0.2, 0.25) is 5.95 Å². The summed E-state index contributed by atoms with van der Waals surface area (Å²) in [5.74, 6) is -2.17. The topological polar surface area (TPSA) is 187 Å². The van der Waals surface area contributed by atoms with E-state index in [0.717, 1.165) is 13.8 Å². The number of nitrogens with zero attached hydrogens (tertiary/aromatic N) is 3. The van der Waals surface area contributed by atoms with Gasteiger partial charge in [-0.15, -0.1) is 0 Å². The fourth-order valence-corrected chi connectivity index (χ4v) is 3.25. The van der Waals surface area contributed by atoms with Gasteiger partial charge in [-0.1, -0.05) is 0 Å². The Bertz CT molecular complexity index is 1080. The molecule has 31 heavy (non-hydrogen) atoms. The lowest BCUT2D eigenvalue weighted by molar-refractivity contribution is -0.166. The van der Waals surface area contributed by atoms with Crippen molar-refractivity contribution in [3.63, 3.8) is 0 Å². The monoisotopic (exact) mass is 439 g/mol. The number of anilines is 1. The summed E-state index contributed by atoms with van der Waals surface area (Å²) in [6.07, 6.45) is -4.58. The molecule has 0 bridgehead atoms. The van der Waals surface area contributed by atoms with Gasteiger partial charge in [0.1, 0.15) is 12.7 Å². The van der Waals surface area contributed by atoms with Crippen LogP contribution in [0.25, 0.3) is 11.2 Å². The molecule has 4 atom stereocenters. The molecule has 2 aromatic rings. The van der Waals surface area contributed by atoms with Crippen molar-refractivity contribution in [2.75, 3.05) is 19.5 Å². The largest absolute Gasteiger partial charge is 0.468 e. The summed E-state index contributed by atoms with van der Waals surface area (Å²) in [5, 5.41) is 0. The van der Waals surface area contributed by atoms with Crippen molar-refractivity contribution in [3.05, 3.63) is 10.4 Å². The van der Waals surface area contributed by atoms with Crippen LogP contribution in [0.4, 0.5) is 5.95 Å². The predicted octanol–water partition coefficient (Wildman–Crippen LogP) is -0.966. The highest BCUT2D eigenvalue weighted by molar-refractivity contribution is 5.73. The van der Waals surface area contributed by atoms with Gasteiger partial charge in [-0.05, 0) is 0 Å². The number of methoxy groups -OCH3 is 1. The van der Waals surface area contributed by atoms with E-state index in [-0.39, 0.29) is 29.7 Å². The zero-order valence-corrected chi connectivity index (χ0v) is 17.1. The van der Waals surface area contributed by atoms with Crippen LogP contribution < -0.4 is 16.0 Å². The Hall–Kier alpha value is -3.68. The van der Waals surface area contributed by atoms with E-state index in [4.69, 9.17) is 29.4 Å². The van der Waals surface area contributed by atoms with Crippen molar-refractivity contribution < 1.29 is 38.1 Å². The summed E-state index contributed by atoms with van der Waals surface area (Å²) >= 11 is 0. The molecular weight excluding hydrogens is 418 g/mol. The van der Waals surface area contributed by atoms with Crippen molar-refractivity contribution in [2.24, 2.45) is 0 Å². The number of carbonyl (C=O) groups is 3. The summed E-state index contributed by atoms with van der Waals surface area (Å²) in [7, 11) is 1.30. The number of ether oxygens (including phenoxy) is 5. The molecule has 0 saturated carbocycles. The molecule has 2 aromatic heterocycles. The normalized spacial score (nSPS) is 22.8. The number of esters is 3. The van der Waals surface area contributed by atoms with Crippen LogP contribution in [0.1, 0.15) is 27.0 Å². The molecular formula is C17H21N5O9. The minimum absolute atomic E-state index is 0.0186. The molecule has 3 rings (SSSR count).